The van der Waals surface area contributed by atoms with Crippen molar-refractivity contribution in [1.29, 1.82) is 0 Å². The van der Waals surface area contributed by atoms with E-state index in [4.69, 9.17) is 9.47 Å². The third kappa shape index (κ3) is 6.85. The molecule has 5 atom stereocenters. The van der Waals surface area contributed by atoms with Gasteiger partial charge < -0.3 is 19.7 Å². The molecule has 0 aromatic heterocycles. The first-order valence-corrected chi connectivity index (χ1v) is 11.0. The number of amides is 2. The molecule has 2 heterocycles. The smallest absolute Gasteiger partial charge is 0.407 e. The van der Waals surface area contributed by atoms with E-state index in [0.29, 0.717) is 6.54 Å². The van der Waals surface area contributed by atoms with E-state index in [0.717, 1.165) is 26.1 Å². The van der Waals surface area contributed by atoms with Gasteiger partial charge in [-0.25, -0.2) is 4.79 Å². The molecule has 2 rings (SSSR count). The van der Waals surface area contributed by atoms with Crippen LogP contribution in [0.25, 0.3) is 0 Å². The molecule has 2 aliphatic rings. The number of nitrogens with zero attached hydrogens (tertiary/aromatic N) is 2. The number of carbonyl (C=O) groups excluding carboxylic acids is 2. The maximum absolute atomic E-state index is 13.4. The Morgan fingerprint density at radius 3 is 2.17 bits per heavy atom. The summed E-state index contributed by atoms with van der Waals surface area (Å²) in [5.74, 6) is 0.673. The lowest BCUT2D eigenvalue weighted by atomic mass is 9.98. The Kier molecular flexibility index (Phi) is 7.96. The maximum atomic E-state index is 13.4. The summed E-state index contributed by atoms with van der Waals surface area (Å²) in [4.78, 5) is 29.8. The van der Waals surface area contributed by atoms with Crippen molar-refractivity contribution in [3.63, 3.8) is 0 Å². The largest absolute Gasteiger partial charge is 0.444 e. The van der Waals surface area contributed by atoms with E-state index in [1.54, 1.807) is 0 Å². The van der Waals surface area contributed by atoms with Gasteiger partial charge in [0.15, 0.2) is 0 Å². The Balaban J connectivity index is 1.96. The molecule has 7 heteroatoms. The van der Waals surface area contributed by atoms with Crippen molar-refractivity contribution < 1.29 is 19.1 Å². The van der Waals surface area contributed by atoms with E-state index in [1.165, 1.54) is 0 Å². The first kappa shape index (κ1) is 23.9. The number of ether oxygens (including phenoxy) is 2. The monoisotopic (exact) mass is 411 g/mol. The van der Waals surface area contributed by atoms with Crippen LogP contribution in [0.5, 0.6) is 0 Å². The molecule has 29 heavy (non-hydrogen) atoms. The average Bonchev–Trinajstić information content (AvgIpc) is 3.01. The molecule has 7 nitrogen and oxygen atoms in total. The van der Waals surface area contributed by atoms with Crippen molar-refractivity contribution in [2.75, 3.05) is 26.2 Å². The van der Waals surface area contributed by atoms with Crippen molar-refractivity contribution in [2.45, 2.75) is 91.7 Å². The predicted molar refractivity (Wildman–Crippen MR) is 114 cm³/mol. The summed E-state index contributed by atoms with van der Waals surface area (Å²) in [6.07, 6.45) is 0.768. The molecule has 2 aliphatic heterocycles. The fraction of sp³-hybridized carbons (Fsp3) is 0.909. The standard InChI is InChI=1S/C22H41N3O4/c1-14(2)19(25-11-15(3)28-16(4)12-25)20(26)24-10-9-18(13-24)17(5)23-21(27)29-22(6,7)8/h14-19H,9-13H2,1-8H3,(H,23,27)/t15-,16-,17-,18+,19+/m1/s1. The summed E-state index contributed by atoms with van der Waals surface area (Å²) in [5.41, 5.74) is -0.515. The normalized spacial score (nSPS) is 28.3. The molecule has 0 aliphatic carbocycles. The number of morpholine rings is 1. The highest BCUT2D eigenvalue weighted by Gasteiger charge is 2.39. The summed E-state index contributed by atoms with van der Waals surface area (Å²) < 4.78 is 11.2. The number of nitrogens with one attached hydrogen (secondary N) is 1. The number of likely N-dealkylation sites (tertiary alicyclic amines) is 1. The van der Waals surface area contributed by atoms with Gasteiger partial charge in [0.2, 0.25) is 5.91 Å². The number of hydrogen-bond donors (Lipinski definition) is 1. The fourth-order valence-corrected chi connectivity index (χ4v) is 4.50. The third-order valence-electron chi connectivity index (χ3n) is 5.71. The zero-order valence-corrected chi connectivity index (χ0v) is 19.5. The number of alkyl carbamates (subject to hydrolysis) is 1. The fourth-order valence-electron chi connectivity index (χ4n) is 4.50. The van der Waals surface area contributed by atoms with Crippen LogP contribution in [0.2, 0.25) is 0 Å². The van der Waals surface area contributed by atoms with E-state index in [9.17, 15) is 9.59 Å². The van der Waals surface area contributed by atoms with Gasteiger partial charge in [0.1, 0.15) is 5.60 Å². The number of carbonyl (C=O) groups is 2. The van der Waals surface area contributed by atoms with E-state index < -0.39 is 11.7 Å². The van der Waals surface area contributed by atoms with E-state index in [-0.39, 0.29) is 42.0 Å². The van der Waals surface area contributed by atoms with Gasteiger partial charge in [-0.05, 0) is 59.8 Å². The Morgan fingerprint density at radius 2 is 1.66 bits per heavy atom. The van der Waals surface area contributed by atoms with Crippen molar-refractivity contribution in [3.05, 3.63) is 0 Å². The van der Waals surface area contributed by atoms with Gasteiger partial charge in [-0.3, -0.25) is 9.69 Å². The third-order valence-corrected chi connectivity index (χ3v) is 5.71. The van der Waals surface area contributed by atoms with Gasteiger partial charge in [-0.15, -0.1) is 0 Å². The molecule has 2 saturated heterocycles. The molecule has 1 N–H and O–H groups in total. The SMILES string of the molecule is CC(C)[C@@H](C(=O)N1CC[C@H]([C@@H](C)NC(=O)OC(C)(C)C)C1)N1C[C@@H](C)O[C@H](C)C1. The van der Waals surface area contributed by atoms with Crippen LogP contribution >= 0.6 is 0 Å². The molecule has 0 unspecified atom stereocenters. The van der Waals surface area contributed by atoms with Crippen LogP contribution in [0.4, 0.5) is 4.79 Å². The Hall–Kier alpha value is -1.34. The van der Waals surface area contributed by atoms with Gasteiger partial charge in [0.05, 0.1) is 18.2 Å². The molecule has 2 amide bonds. The van der Waals surface area contributed by atoms with Gasteiger partial charge in [0, 0.05) is 32.2 Å². The molecule has 0 aromatic carbocycles. The Bertz CT molecular complexity index is 565. The van der Waals surface area contributed by atoms with Crippen molar-refractivity contribution in [3.8, 4) is 0 Å². The first-order chi connectivity index (χ1) is 13.4. The molecule has 0 aromatic rings. The van der Waals surface area contributed by atoms with Crippen LogP contribution in [-0.4, -0.2) is 77.9 Å². The van der Waals surface area contributed by atoms with Crippen molar-refractivity contribution in [1.82, 2.24) is 15.1 Å². The molecule has 0 spiro atoms. The Labute approximate surface area is 176 Å². The van der Waals surface area contributed by atoms with E-state index >= 15 is 0 Å². The molecule has 0 radical (unpaired) electrons. The van der Waals surface area contributed by atoms with Crippen LogP contribution in [0, 0.1) is 11.8 Å². The van der Waals surface area contributed by atoms with E-state index in [1.807, 2.05) is 32.6 Å². The molecule has 0 bridgehead atoms. The highest BCUT2D eigenvalue weighted by molar-refractivity contribution is 5.82. The number of rotatable bonds is 5. The minimum atomic E-state index is -0.515. The van der Waals surface area contributed by atoms with Crippen LogP contribution < -0.4 is 5.32 Å². The van der Waals surface area contributed by atoms with Crippen LogP contribution in [0.3, 0.4) is 0 Å². The first-order valence-electron chi connectivity index (χ1n) is 11.0. The lowest BCUT2D eigenvalue weighted by Gasteiger charge is -2.42. The highest BCUT2D eigenvalue weighted by atomic mass is 16.6. The van der Waals surface area contributed by atoms with E-state index in [2.05, 4.69) is 37.9 Å². The zero-order chi connectivity index (χ0) is 21.9. The minimum Gasteiger partial charge on any atom is -0.444 e. The summed E-state index contributed by atoms with van der Waals surface area (Å²) in [6.45, 7) is 18.9. The molecular formula is C22H41N3O4. The lowest BCUT2D eigenvalue weighted by molar-refractivity contribution is -0.144. The summed E-state index contributed by atoms with van der Waals surface area (Å²) in [5, 5.41) is 2.94. The van der Waals surface area contributed by atoms with Crippen LogP contribution in [0.1, 0.15) is 61.8 Å². The van der Waals surface area contributed by atoms with Gasteiger partial charge in [0.25, 0.3) is 0 Å². The predicted octanol–water partition coefficient (Wildman–Crippen LogP) is 2.88. The van der Waals surface area contributed by atoms with Crippen molar-refractivity contribution in [2.24, 2.45) is 11.8 Å². The molecule has 0 saturated carbocycles. The Morgan fingerprint density at radius 1 is 1.07 bits per heavy atom. The lowest BCUT2D eigenvalue weighted by Crippen LogP contribution is -2.57. The molecule has 2 fully saturated rings. The summed E-state index contributed by atoms with van der Waals surface area (Å²) >= 11 is 0. The number of hydrogen-bond acceptors (Lipinski definition) is 5. The second-order valence-electron chi connectivity index (χ2n) is 10.2. The quantitative estimate of drug-likeness (QED) is 0.753. The van der Waals surface area contributed by atoms with Crippen LogP contribution in [0.15, 0.2) is 0 Å². The maximum Gasteiger partial charge on any atom is 0.407 e. The van der Waals surface area contributed by atoms with Gasteiger partial charge in [-0.1, -0.05) is 13.8 Å². The minimum absolute atomic E-state index is 0.0384. The zero-order valence-electron chi connectivity index (χ0n) is 19.5. The highest BCUT2D eigenvalue weighted by Crippen LogP contribution is 2.25. The summed E-state index contributed by atoms with van der Waals surface area (Å²) in [7, 11) is 0. The second kappa shape index (κ2) is 9.65. The average molecular weight is 412 g/mol. The second-order valence-corrected chi connectivity index (χ2v) is 10.2. The molecular weight excluding hydrogens is 370 g/mol. The summed E-state index contributed by atoms with van der Waals surface area (Å²) in [6, 6.07) is -0.166. The molecule has 168 valence electrons. The topological polar surface area (TPSA) is 71.1 Å². The van der Waals surface area contributed by atoms with Crippen molar-refractivity contribution >= 4 is 12.0 Å². The van der Waals surface area contributed by atoms with Gasteiger partial charge >= 0.3 is 6.09 Å². The van der Waals surface area contributed by atoms with Gasteiger partial charge in [-0.2, -0.15) is 0 Å². The van der Waals surface area contributed by atoms with Crippen LogP contribution in [-0.2, 0) is 14.3 Å².